The SMILES string of the molecule is CSCCC(NC(=O)C(CC(N)=O)NC(=O)C(CC(=O)O)NC(=O)C(N)CC(N)=O)C(=O)O. The second-order valence-electron chi connectivity index (χ2n) is 6.85. The number of nitrogens with one attached hydrogen (secondary N) is 3. The first-order valence-corrected chi connectivity index (χ1v) is 10.8. The molecule has 0 aliphatic heterocycles. The van der Waals surface area contributed by atoms with Crippen molar-refractivity contribution in [3.63, 3.8) is 0 Å². The number of amides is 5. The largest absolute Gasteiger partial charge is 0.481 e. The van der Waals surface area contributed by atoms with Gasteiger partial charge in [-0.25, -0.2) is 4.79 Å². The van der Waals surface area contributed by atoms with Crippen molar-refractivity contribution in [3.05, 3.63) is 0 Å². The van der Waals surface area contributed by atoms with Gasteiger partial charge in [-0.2, -0.15) is 11.8 Å². The predicted octanol–water partition coefficient (Wildman–Crippen LogP) is -4.17. The second-order valence-corrected chi connectivity index (χ2v) is 7.83. The number of nitrogens with two attached hydrogens (primary N) is 3. The number of thioether (sulfide) groups is 1. The first-order valence-electron chi connectivity index (χ1n) is 9.45. The van der Waals surface area contributed by atoms with Crippen LogP contribution in [0.1, 0.15) is 25.7 Å². The zero-order valence-corrected chi connectivity index (χ0v) is 18.6. The number of carbonyl (C=O) groups excluding carboxylic acids is 5. The fourth-order valence-corrected chi connectivity index (χ4v) is 2.89. The topological polar surface area (TPSA) is 274 Å². The van der Waals surface area contributed by atoms with Crippen molar-refractivity contribution in [2.75, 3.05) is 12.0 Å². The highest BCUT2D eigenvalue weighted by atomic mass is 32.2. The minimum atomic E-state index is -1.75. The zero-order valence-electron chi connectivity index (χ0n) is 17.7. The first-order chi connectivity index (χ1) is 15.3. The van der Waals surface area contributed by atoms with Crippen LogP contribution in [-0.2, 0) is 33.6 Å². The van der Waals surface area contributed by atoms with E-state index in [1.54, 1.807) is 6.26 Å². The van der Waals surface area contributed by atoms with Crippen molar-refractivity contribution >= 4 is 53.2 Å². The average Bonchev–Trinajstić information content (AvgIpc) is 2.68. The molecule has 0 aromatic rings. The van der Waals surface area contributed by atoms with Gasteiger partial charge in [0.15, 0.2) is 0 Å². The molecule has 0 saturated heterocycles. The molecule has 0 heterocycles. The Balaban J connectivity index is 5.52. The molecule has 4 atom stereocenters. The van der Waals surface area contributed by atoms with Crippen LogP contribution in [0, 0.1) is 0 Å². The maximum absolute atomic E-state index is 12.6. The van der Waals surface area contributed by atoms with Gasteiger partial charge in [0.2, 0.25) is 29.5 Å². The molecule has 0 rings (SSSR count). The maximum Gasteiger partial charge on any atom is 0.326 e. The Morgan fingerprint density at radius 1 is 0.758 bits per heavy atom. The molecule has 0 aliphatic rings. The lowest BCUT2D eigenvalue weighted by Crippen LogP contribution is -2.58. The van der Waals surface area contributed by atoms with Crippen LogP contribution in [-0.4, -0.2) is 87.9 Å². The third-order valence-corrected chi connectivity index (χ3v) is 4.68. The fraction of sp³-hybridized carbons (Fsp3) is 0.588. The normalized spacial score (nSPS) is 14.1. The number of rotatable bonds is 16. The zero-order chi connectivity index (χ0) is 25.7. The van der Waals surface area contributed by atoms with Gasteiger partial charge in [0.1, 0.15) is 18.1 Å². The van der Waals surface area contributed by atoms with E-state index in [0.29, 0.717) is 5.75 Å². The number of hydrogen-bond acceptors (Lipinski definition) is 9. The van der Waals surface area contributed by atoms with Crippen LogP contribution in [0.4, 0.5) is 0 Å². The third kappa shape index (κ3) is 12.3. The lowest BCUT2D eigenvalue weighted by atomic mass is 10.1. The van der Waals surface area contributed by atoms with Crippen molar-refractivity contribution in [1.29, 1.82) is 0 Å². The Bertz CT molecular complexity index is 778. The molecule has 4 unspecified atom stereocenters. The second kappa shape index (κ2) is 14.6. The summed E-state index contributed by atoms with van der Waals surface area (Å²) in [6.45, 7) is 0. The van der Waals surface area contributed by atoms with Crippen molar-refractivity contribution in [1.82, 2.24) is 16.0 Å². The first kappa shape index (κ1) is 29.6. The lowest BCUT2D eigenvalue weighted by molar-refractivity contribution is -0.143. The van der Waals surface area contributed by atoms with E-state index in [1.807, 2.05) is 5.32 Å². The summed E-state index contributed by atoms with van der Waals surface area (Å²) in [5.41, 5.74) is 15.5. The number of primary amides is 2. The van der Waals surface area contributed by atoms with Gasteiger partial charge in [-0.05, 0) is 18.4 Å². The summed E-state index contributed by atoms with van der Waals surface area (Å²) < 4.78 is 0. The van der Waals surface area contributed by atoms with Crippen LogP contribution in [0.5, 0.6) is 0 Å². The van der Waals surface area contributed by atoms with E-state index in [2.05, 4.69) is 10.6 Å². The van der Waals surface area contributed by atoms with Crippen molar-refractivity contribution in [2.24, 2.45) is 17.2 Å². The van der Waals surface area contributed by atoms with Crippen LogP contribution in [0.2, 0.25) is 0 Å². The van der Waals surface area contributed by atoms with E-state index in [-0.39, 0.29) is 6.42 Å². The summed E-state index contributed by atoms with van der Waals surface area (Å²) in [6, 6.07) is -6.19. The molecule has 0 fully saturated rings. The summed E-state index contributed by atoms with van der Waals surface area (Å²) in [6.07, 6.45) is -0.469. The summed E-state index contributed by atoms with van der Waals surface area (Å²) in [5.74, 6) is -7.69. The highest BCUT2D eigenvalue weighted by Gasteiger charge is 2.32. The molecular weight excluding hydrogens is 464 g/mol. The van der Waals surface area contributed by atoms with E-state index < -0.39 is 84.9 Å². The summed E-state index contributed by atoms with van der Waals surface area (Å²) in [5, 5.41) is 24.5. The van der Waals surface area contributed by atoms with Gasteiger partial charge in [0.05, 0.1) is 25.3 Å². The van der Waals surface area contributed by atoms with Crippen LogP contribution in [0.25, 0.3) is 0 Å². The Morgan fingerprint density at radius 2 is 1.21 bits per heavy atom. The molecule has 15 nitrogen and oxygen atoms in total. The minimum Gasteiger partial charge on any atom is -0.481 e. The van der Waals surface area contributed by atoms with Crippen LogP contribution < -0.4 is 33.2 Å². The average molecular weight is 493 g/mol. The molecule has 0 aliphatic carbocycles. The number of carbonyl (C=O) groups is 7. The highest BCUT2D eigenvalue weighted by Crippen LogP contribution is 2.04. The van der Waals surface area contributed by atoms with Crippen LogP contribution in [0.3, 0.4) is 0 Å². The molecule has 11 N–H and O–H groups in total. The highest BCUT2D eigenvalue weighted by molar-refractivity contribution is 7.98. The van der Waals surface area contributed by atoms with Gasteiger partial charge < -0.3 is 43.4 Å². The van der Waals surface area contributed by atoms with E-state index in [1.165, 1.54) is 11.8 Å². The molecule has 0 bridgehead atoms. The fourth-order valence-electron chi connectivity index (χ4n) is 2.42. The molecule has 0 spiro atoms. The van der Waals surface area contributed by atoms with Crippen molar-refractivity contribution in [2.45, 2.75) is 49.9 Å². The number of carboxylic acid groups (broad SMARTS) is 2. The molecule has 0 saturated carbocycles. The Morgan fingerprint density at radius 3 is 1.64 bits per heavy atom. The summed E-state index contributed by atoms with van der Waals surface area (Å²) in [7, 11) is 0. The molecule has 5 amide bonds. The van der Waals surface area contributed by atoms with E-state index in [9.17, 15) is 38.7 Å². The van der Waals surface area contributed by atoms with Gasteiger partial charge in [0.25, 0.3) is 0 Å². The Hall–Kier alpha value is -3.40. The molecule has 33 heavy (non-hydrogen) atoms. The number of aliphatic carboxylic acids is 2. The predicted molar refractivity (Wildman–Crippen MR) is 114 cm³/mol. The maximum atomic E-state index is 12.6. The van der Waals surface area contributed by atoms with Gasteiger partial charge >= 0.3 is 11.9 Å². The molecule has 186 valence electrons. The van der Waals surface area contributed by atoms with Gasteiger partial charge in [0, 0.05) is 0 Å². The van der Waals surface area contributed by atoms with Crippen LogP contribution in [0.15, 0.2) is 0 Å². The quantitative estimate of drug-likeness (QED) is 0.102. The van der Waals surface area contributed by atoms with E-state index >= 15 is 0 Å². The van der Waals surface area contributed by atoms with E-state index in [4.69, 9.17) is 22.3 Å². The molecule has 16 heteroatoms. The minimum absolute atomic E-state index is 0.0505. The Kier molecular flexibility index (Phi) is 13.1. The number of carboxylic acids is 2. The standard InChI is InChI=1S/C17H28N6O9S/c1-33-3-2-8(17(31)32)21-15(29)9(5-12(20)25)23-16(30)10(6-13(26)27)22-14(28)7(18)4-11(19)24/h7-10H,2-6,18H2,1H3,(H2,19,24)(H2,20,25)(H,21,29)(H,22,28)(H,23,30)(H,26,27)(H,31,32). The van der Waals surface area contributed by atoms with Gasteiger partial charge in [-0.3, -0.25) is 28.8 Å². The molecule has 0 aromatic heterocycles. The summed E-state index contributed by atoms with van der Waals surface area (Å²) in [4.78, 5) is 81.8. The molecular formula is C17H28N6O9S. The molecule has 0 aromatic carbocycles. The van der Waals surface area contributed by atoms with Crippen molar-refractivity contribution in [3.8, 4) is 0 Å². The Labute approximate surface area is 192 Å². The van der Waals surface area contributed by atoms with Gasteiger partial charge in [-0.15, -0.1) is 0 Å². The molecule has 0 radical (unpaired) electrons. The third-order valence-electron chi connectivity index (χ3n) is 4.03. The monoisotopic (exact) mass is 492 g/mol. The smallest absolute Gasteiger partial charge is 0.326 e. The lowest BCUT2D eigenvalue weighted by Gasteiger charge is -2.24. The summed E-state index contributed by atoms with van der Waals surface area (Å²) >= 11 is 1.33. The van der Waals surface area contributed by atoms with Gasteiger partial charge in [-0.1, -0.05) is 0 Å². The van der Waals surface area contributed by atoms with Crippen molar-refractivity contribution < 1.29 is 43.8 Å². The number of hydrogen-bond donors (Lipinski definition) is 8. The van der Waals surface area contributed by atoms with Crippen LogP contribution >= 0.6 is 11.8 Å². The van der Waals surface area contributed by atoms with E-state index in [0.717, 1.165) is 0 Å².